The Bertz CT molecular complexity index is 1330. The van der Waals surface area contributed by atoms with Crippen molar-refractivity contribution in [3.05, 3.63) is 93.0 Å². The lowest BCUT2D eigenvalue weighted by molar-refractivity contribution is -0.132. The van der Waals surface area contributed by atoms with Crippen LogP contribution in [0.1, 0.15) is 22.7 Å². The molecule has 1 N–H and O–H groups in total. The fraction of sp³-hybridized carbons (Fsp3) is 0.185. The van der Waals surface area contributed by atoms with E-state index < -0.39 is 17.7 Å². The molecule has 6 nitrogen and oxygen atoms in total. The SMILES string of the molecule is COc1c(Cl)cc(/C(O)=C2\C(=O)C(=O)N(c3cccc(C)c3)C2c2ccc(N(C)C)cc2)cc1Cl. The highest BCUT2D eigenvalue weighted by atomic mass is 35.5. The van der Waals surface area contributed by atoms with Crippen LogP contribution in [0.4, 0.5) is 11.4 Å². The van der Waals surface area contributed by atoms with Crippen LogP contribution in [0.2, 0.25) is 10.0 Å². The second-order valence-electron chi connectivity index (χ2n) is 8.47. The predicted molar refractivity (Wildman–Crippen MR) is 140 cm³/mol. The van der Waals surface area contributed by atoms with E-state index in [4.69, 9.17) is 27.9 Å². The average Bonchev–Trinajstić information content (AvgIpc) is 3.09. The van der Waals surface area contributed by atoms with Gasteiger partial charge in [0, 0.05) is 31.0 Å². The number of rotatable bonds is 5. The Morgan fingerprint density at radius 3 is 2.17 bits per heavy atom. The number of aliphatic hydroxyl groups excluding tert-OH is 1. The molecule has 180 valence electrons. The van der Waals surface area contributed by atoms with Gasteiger partial charge in [-0.25, -0.2) is 0 Å². The van der Waals surface area contributed by atoms with E-state index >= 15 is 0 Å². The van der Waals surface area contributed by atoms with Crippen molar-refractivity contribution < 1.29 is 19.4 Å². The average molecular weight is 511 g/mol. The van der Waals surface area contributed by atoms with Crippen molar-refractivity contribution in [3.63, 3.8) is 0 Å². The number of aryl methyl sites for hydroxylation is 1. The van der Waals surface area contributed by atoms with Gasteiger partial charge in [-0.1, -0.05) is 47.5 Å². The molecule has 1 aliphatic heterocycles. The summed E-state index contributed by atoms with van der Waals surface area (Å²) in [6, 6.07) is 16.8. The molecule has 3 aromatic carbocycles. The number of nitrogens with zero attached hydrogens (tertiary/aromatic N) is 2. The molecule has 8 heteroatoms. The molecule has 0 saturated carbocycles. The van der Waals surface area contributed by atoms with Gasteiger partial charge in [-0.15, -0.1) is 0 Å². The van der Waals surface area contributed by atoms with Crippen molar-refractivity contribution >= 4 is 52.0 Å². The zero-order valence-electron chi connectivity index (χ0n) is 19.7. The number of hydrogen-bond donors (Lipinski definition) is 1. The van der Waals surface area contributed by atoms with E-state index in [9.17, 15) is 14.7 Å². The molecule has 0 radical (unpaired) electrons. The minimum atomic E-state index is -0.854. The number of ketones is 1. The van der Waals surface area contributed by atoms with Crippen LogP contribution < -0.4 is 14.5 Å². The van der Waals surface area contributed by atoms with E-state index in [1.807, 2.05) is 68.4 Å². The summed E-state index contributed by atoms with van der Waals surface area (Å²) in [7, 11) is 5.27. The standard InChI is InChI=1S/C27H24Cl2N2O4/c1-15-6-5-7-19(12-15)31-23(16-8-10-18(11-9-16)30(2)3)22(25(33)27(31)34)24(32)17-13-20(28)26(35-4)21(29)14-17/h5-14,23,32H,1-4H3/b24-22+. The molecule has 1 saturated heterocycles. The third-order valence-corrected chi connectivity index (χ3v) is 6.49. The summed E-state index contributed by atoms with van der Waals surface area (Å²) in [4.78, 5) is 30.0. The van der Waals surface area contributed by atoms with Crippen molar-refractivity contribution in [1.29, 1.82) is 0 Å². The van der Waals surface area contributed by atoms with Gasteiger partial charge in [0.1, 0.15) is 5.76 Å². The van der Waals surface area contributed by atoms with Crippen LogP contribution in [0.25, 0.3) is 5.76 Å². The van der Waals surface area contributed by atoms with Gasteiger partial charge in [0.05, 0.1) is 28.8 Å². The summed E-state index contributed by atoms with van der Waals surface area (Å²) < 4.78 is 5.19. The molecular formula is C27H24Cl2N2O4. The van der Waals surface area contributed by atoms with Crippen LogP contribution in [-0.4, -0.2) is 38.0 Å². The van der Waals surface area contributed by atoms with E-state index in [-0.39, 0.29) is 32.7 Å². The third-order valence-electron chi connectivity index (χ3n) is 5.93. The minimum absolute atomic E-state index is 0.0496. The Kier molecular flexibility index (Phi) is 6.79. The first-order valence-corrected chi connectivity index (χ1v) is 11.6. The molecule has 0 aliphatic carbocycles. The number of carbonyl (C=O) groups excluding carboxylic acids is 2. The molecule has 1 heterocycles. The van der Waals surface area contributed by atoms with Crippen molar-refractivity contribution in [3.8, 4) is 5.75 Å². The van der Waals surface area contributed by atoms with Crippen LogP contribution in [0.3, 0.4) is 0 Å². The molecule has 0 bridgehead atoms. The van der Waals surface area contributed by atoms with Crippen LogP contribution in [0.15, 0.2) is 66.2 Å². The van der Waals surface area contributed by atoms with Gasteiger partial charge >= 0.3 is 0 Å². The zero-order valence-corrected chi connectivity index (χ0v) is 21.2. The van der Waals surface area contributed by atoms with Gasteiger partial charge in [-0.05, 0) is 54.4 Å². The first-order valence-electron chi connectivity index (χ1n) is 10.8. The van der Waals surface area contributed by atoms with Gasteiger partial charge in [0.2, 0.25) is 0 Å². The number of aliphatic hydroxyl groups is 1. The Hall–Kier alpha value is -3.48. The fourth-order valence-electron chi connectivity index (χ4n) is 4.19. The molecule has 1 amide bonds. The monoisotopic (exact) mass is 510 g/mol. The molecule has 35 heavy (non-hydrogen) atoms. The van der Waals surface area contributed by atoms with E-state index in [0.29, 0.717) is 11.3 Å². The Morgan fingerprint density at radius 2 is 1.63 bits per heavy atom. The van der Waals surface area contributed by atoms with Crippen LogP contribution in [0, 0.1) is 6.92 Å². The number of ether oxygens (including phenoxy) is 1. The number of carbonyl (C=O) groups is 2. The molecule has 1 fully saturated rings. The number of anilines is 2. The number of Topliss-reactive ketones (excluding diaryl/α,β-unsaturated/α-hetero) is 1. The lowest BCUT2D eigenvalue weighted by Crippen LogP contribution is -2.29. The summed E-state index contributed by atoms with van der Waals surface area (Å²) in [5, 5.41) is 11.7. The number of halogens is 2. The van der Waals surface area contributed by atoms with Gasteiger partial charge in [-0.2, -0.15) is 0 Å². The number of amides is 1. The highest BCUT2D eigenvalue weighted by Crippen LogP contribution is 2.44. The van der Waals surface area contributed by atoms with Gasteiger partial charge in [-0.3, -0.25) is 14.5 Å². The van der Waals surface area contributed by atoms with Crippen molar-refractivity contribution in [1.82, 2.24) is 0 Å². The molecule has 0 aromatic heterocycles. The highest BCUT2D eigenvalue weighted by Gasteiger charge is 2.47. The molecule has 1 atom stereocenters. The topological polar surface area (TPSA) is 70.1 Å². The first-order chi connectivity index (χ1) is 16.6. The van der Waals surface area contributed by atoms with E-state index in [1.54, 1.807) is 6.07 Å². The van der Waals surface area contributed by atoms with Crippen LogP contribution >= 0.6 is 23.2 Å². The normalized spacial score (nSPS) is 17.1. The van der Waals surface area contributed by atoms with E-state index in [0.717, 1.165) is 11.3 Å². The first kappa shape index (κ1) is 24.6. The highest BCUT2D eigenvalue weighted by molar-refractivity contribution is 6.51. The van der Waals surface area contributed by atoms with Gasteiger partial charge in [0.15, 0.2) is 5.75 Å². The molecule has 1 unspecified atom stereocenters. The number of benzene rings is 3. The number of hydrogen-bond acceptors (Lipinski definition) is 5. The van der Waals surface area contributed by atoms with E-state index in [2.05, 4.69) is 0 Å². The fourth-order valence-corrected chi connectivity index (χ4v) is 4.84. The lowest BCUT2D eigenvalue weighted by Gasteiger charge is -2.26. The molecule has 3 aromatic rings. The lowest BCUT2D eigenvalue weighted by atomic mass is 9.94. The maximum absolute atomic E-state index is 13.3. The Morgan fingerprint density at radius 1 is 1.00 bits per heavy atom. The summed E-state index contributed by atoms with van der Waals surface area (Å²) in [5.41, 5.74) is 3.27. The van der Waals surface area contributed by atoms with Crippen LogP contribution in [-0.2, 0) is 9.59 Å². The summed E-state index contributed by atoms with van der Waals surface area (Å²) in [6.45, 7) is 1.91. The summed E-state index contributed by atoms with van der Waals surface area (Å²) in [5.74, 6) is -1.65. The molecule has 4 rings (SSSR count). The van der Waals surface area contributed by atoms with E-state index in [1.165, 1.54) is 24.1 Å². The summed E-state index contributed by atoms with van der Waals surface area (Å²) >= 11 is 12.6. The second kappa shape index (κ2) is 9.64. The quantitative estimate of drug-likeness (QED) is 0.259. The van der Waals surface area contributed by atoms with Crippen molar-refractivity contribution in [2.75, 3.05) is 31.0 Å². The zero-order chi connectivity index (χ0) is 25.4. The van der Waals surface area contributed by atoms with Gasteiger partial charge in [0.25, 0.3) is 11.7 Å². The maximum Gasteiger partial charge on any atom is 0.300 e. The number of methoxy groups -OCH3 is 1. The van der Waals surface area contributed by atoms with Gasteiger partial charge < -0.3 is 14.7 Å². The Labute approximate surface area is 213 Å². The second-order valence-corrected chi connectivity index (χ2v) is 9.28. The predicted octanol–water partition coefficient (Wildman–Crippen LogP) is 6.00. The van der Waals surface area contributed by atoms with Crippen LogP contribution in [0.5, 0.6) is 5.75 Å². The molecule has 0 spiro atoms. The minimum Gasteiger partial charge on any atom is -0.507 e. The van der Waals surface area contributed by atoms with Crippen molar-refractivity contribution in [2.45, 2.75) is 13.0 Å². The maximum atomic E-state index is 13.3. The third kappa shape index (κ3) is 4.47. The molecule has 1 aliphatic rings. The smallest absolute Gasteiger partial charge is 0.300 e. The summed E-state index contributed by atoms with van der Waals surface area (Å²) in [6.07, 6.45) is 0. The molecular weight excluding hydrogens is 487 g/mol. The largest absolute Gasteiger partial charge is 0.507 e. The Balaban J connectivity index is 1.95. The van der Waals surface area contributed by atoms with Crippen molar-refractivity contribution in [2.24, 2.45) is 0 Å².